The fourth-order valence-electron chi connectivity index (χ4n) is 3.05. The third-order valence-corrected chi connectivity index (χ3v) is 5.10. The molecule has 0 saturated carbocycles. The molecule has 1 aliphatic carbocycles. The molecule has 0 saturated heterocycles. The molecular weight excluding hydrogens is 361 g/mol. The molecule has 2 N–H and O–H groups in total. The number of carbonyl (C=O) groups is 1. The Morgan fingerprint density at radius 2 is 1.96 bits per heavy atom. The first-order chi connectivity index (χ1) is 12.0. The number of hydrogen-bond donors (Lipinski definition) is 2. The van der Waals surface area contributed by atoms with Crippen LogP contribution in [-0.2, 0) is 24.2 Å². The predicted molar refractivity (Wildman–Crippen MR) is 98.7 cm³/mol. The highest BCUT2D eigenvalue weighted by Crippen LogP contribution is 2.28. The van der Waals surface area contributed by atoms with Crippen LogP contribution >= 0.6 is 23.2 Å². The second kappa shape index (κ2) is 8.09. The van der Waals surface area contributed by atoms with Gasteiger partial charge in [-0.15, -0.1) is 0 Å². The van der Waals surface area contributed by atoms with Gasteiger partial charge in [-0.25, -0.2) is 0 Å². The normalized spacial score (nSPS) is 16.3. The Morgan fingerprint density at radius 3 is 2.68 bits per heavy atom. The Labute approximate surface area is 156 Å². The first kappa shape index (κ1) is 18.1. The number of aliphatic carboxylic acids is 1. The van der Waals surface area contributed by atoms with Gasteiger partial charge in [0.2, 0.25) is 0 Å². The number of fused-ring (bicyclic) bond motifs is 1. The molecule has 0 radical (unpaired) electrons. The predicted octanol–water partition coefficient (Wildman–Crippen LogP) is 4.10. The molecule has 1 unspecified atom stereocenters. The average Bonchev–Trinajstić information content (AvgIpc) is 2.59. The number of nitrogens with one attached hydrogen (secondary N) is 1. The third kappa shape index (κ3) is 4.66. The summed E-state index contributed by atoms with van der Waals surface area (Å²) in [4.78, 5) is 10.7. The lowest BCUT2D eigenvalue weighted by atomic mass is 9.88. The molecule has 1 atom stereocenters. The molecular formula is C19H19Cl2NO3. The Morgan fingerprint density at radius 1 is 1.20 bits per heavy atom. The SMILES string of the molecule is O=C(O)CNC1CCc2cc(OCc3c(Cl)cccc3Cl)ccc2C1. The van der Waals surface area contributed by atoms with Gasteiger partial charge in [0.1, 0.15) is 12.4 Å². The second-order valence-corrected chi connectivity index (χ2v) is 6.95. The zero-order valence-corrected chi connectivity index (χ0v) is 15.1. The molecule has 6 heteroatoms. The van der Waals surface area contributed by atoms with E-state index in [9.17, 15) is 4.79 Å². The van der Waals surface area contributed by atoms with E-state index >= 15 is 0 Å². The maximum Gasteiger partial charge on any atom is 0.317 e. The van der Waals surface area contributed by atoms with E-state index in [2.05, 4.69) is 5.32 Å². The van der Waals surface area contributed by atoms with Gasteiger partial charge >= 0.3 is 5.97 Å². The van der Waals surface area contributed by atoms with E-state index in [0.717, 1.165) is 30.6 Å². The van der Waals surface area contributed by atoms with E-state index < -0.39 is 5.97 Å². The summed E-state index contributed by atoms with van der Waals surface area (Å²) in [5, 5.41) is 13.0. The molecule has 3 rings (SSSR count). The molecule has 4 nitrogen and oxygen atoms in total. The summed E-state index contributed by atoms with van der Waals surface area (Å²) in [6, 6.07) is 11.6. The highest BCUT2D eigenvalue weighted by Gasteiger charge is 2.19. The van der Waals surface area contributed by atoms with Crippen molar-refractivity contribution in [3.8, 4) is 5.75 Å². The smallest absolute Gasteiger partial charge is 0.317 e. The van der Waals surface area contributed by atoms with Crippen LogP contribution in [0.25, 0.3) is 0 Å². The zero-order valence-electron chi connectivity index (χ0n) is 13.6. The maximum atomic E-state index is 10.7. The van der Waals surface area contributed by atoms with E-state index in [1.165, 1.54) is 11.1 Å². The number of ether oxygens (including phenoxy) is 1. The molecule has 1 aliphatic rings. The van der Waals surface area contributed by atoms with Crippen LogP contribution in [0.15, 0.2) is 36.4 Å². The summed E-state index contributed by atoms with van der Waals surface area (Å²) in [7, 11) is 0. The van der Waals surface area contributed by atoms with E-state index in [1.54, 1.807) is 12.1 Å². The number of carboxylic acid groups (broad SMARTS) is 1. The summed E-state index contributed by atoms with van der Waals surface area (Å²) in [6.07, 6.45) is 2.65. The van der Waals surface area contributed by atoms with Crippen LogP contribution < -0.4 is 10.1 Å². The van der Waals surface area contributed by atoms with Crippen molar-refractivity contribution in [3.63, 3.8) is 0 Å². The molecule has 0 heterocycles. The largest absolute Gasteiger partial charge is 0.489 e. The highest BCUT2D eigenvalue weighted by atomic mass is 35.5. The molecule has 132 valence electrons. The molecule has 0 aromatic heterocycles. The highest BCUT2D eigenvalue weighted by molar-refractivity contribution is 6.35. The number of rotatable bonds is 6. The topological polar surface area (TPSA) is 58.6 Å². The Balaban J connectivity index is 1.63. The molecule has 0 bridgehead atoms. The van der Waals surface area contributed by atoms with Crippen LogP contribution in [0.4, 0.5) is 0 Å². The third-order valence-electron chi connectivity index (χ3n) is 4.39. The fourth-order valence-corrected chi connectivity index (χ4v) is 3.56. The van der Waals surface area contributed by atoms with E-state index in [0.29, 0.717) is 16.7 Å². The maximum absolute atomic E-state index is 10.7. The minimum atomic E-state index is -0.826. The number of benzene rings is 2. The summed E-state index contributed by atoms with van der Waals surface area (Å²) in [6.45, 7) is 0.319. The summed E-state index contributed by atoms with van der Waals surface area (Å²) >= 11 is 12.3. The van der Waals surface area contributed by atoms with E-state index in [-0.39, 0.29) is 12.6 Å². The molecule has 25 heavy (non-hydrogen) atoms. The van der Waals surface area contributed by atoms with Crippen LogP contribution in [0.2, 0.25) is 10.0 Å². The first-order valence-electron chi connectivity index (χ1n) is 8.15. The van der Waals surface area contributed by atoms with Crippen LogP contribution in [0.1, 0.15) is 23.1 Å². The van der Waals surface area contributed by atoms with Crippen LogP contribution in [-0.4, -0.2) is 23.7 Å². The van der Waals surface area contributed by atoms with Crippen LogP contribution in [0, 0.1) is 0 Å². The van der Waals surface area contributed by atoms with Crippen molar-refractivity contribution in [2.75, 3.05) is 6.54 Å². The molecule has 0 amide bonds. The first-order valence-corrected chi connectivity index (χ1v) is 8.91. The van der Waals surface area contributed by atoms with Crippen LogP contribution in [0.5, 0.6) is 5.75 Å². The van der Waals surface area contributed by atoms with Gasteiger partial charge in [-0.05, 0) is 54.7 Å². The van der Waals surface area contributed by atoms with Crippen molar-refractivity contribution in [2.24, 2.45) is 0 Å². The average molecular weight is 380 g/mol. The Kier molecular flexibility index (Phi) is 5.84. The summed E-state index contributed by atoms with van der Waals surface area (Å²) < 4.78 is 5.86. The molecule has 0 fully saturated rings. The van der Waals surface area contributed by atoms with Gasteiger partial charge in [0.05, 0.1) is 6.54 Å². The number of aryl methyl sites for hydroxylation is 1. The van der Waals surface area contributed by atoms with Gasteiger partial charge in [0, 0.05) is 21.7 Å². The summed E-state index contributed by atoms with van der Waals surface area (Å²) in [5.41, 5.74) is 3.26. The monoisotopic (exact) mass is 379 g/mol. The lowest BCUT2D eigenvalue weighted by Gasteiger charge is -2.25. The Bertz CT molecular complexity index is 759. The molecule has 0 aliphatic heterocycles. The number of carboxylic acids is 1. The van der Waals surface area contributed by atoms with Crippen molar-refractivity contribution in [1.82, 2.24) is 5.32 Å². The second-order valence-electron chi connectivity index (χ2n) is 6.13. The number of hydrogen-bond acceptors (Lipinski definition) is 3. The van der Waals surface area contributed by atoms with Crippen molar-refractivity contribution < 1.29 is 14.6 Å². The van der Waals surface area contributed by atoms with Crippen LogP contribution in [0.3, 0.4) is 0 Å². The number of halogens is 2. The van der Waals surface area contributed by atoms with Gasteiger partial charge in [0.25, 0.3) is 0 Å². The quantitative estimate of drug-likeness (QED) is 0.792. The Hall–Kier alpha value is -1.75. The molecule has 2 aromatic carbocycles. The standard InChI is InChI=1S/C19H19Cl2NO3/c20-17-2-1-3-18(21)16(17)11-25-15-7-5-12-8-14(22-10-19(23)24)6-4-13(12)9-15/h1-3,5,7,9,14,22H,4,6,8,10-11H2,(H,23,24). The van der Waals surface area contributed by atoms with Crippen molar-refractivity contribution in [1.29, 1.82) is 0 Å². The van der Waals surface area contributed by atoms with Gasteiger partial charge in [-0.2, -0.15) is 0 Å². The molecule has 2 aromatic rings. The zero-order chi connectivity index (χ0) is 17.8. The van der Waals surface area contributed by atoms with E-state index in [1.807, 2.05) is 24.3 Å². The van der Waals surface area contributed by atoms with Gasteiger partial charge in [-0.3, -0.25) is 4.79 Å². The lowest BCUT2D eigenvalue weighted by molar-refractivity contribution is -0.136. The van der Waals surface area contributed by atoms with Crippen molar-refractivity contribution in [2.45, 2.75) is 31.9 Å². The minimum Gasteiger partial charge on any atom is -0.489 e. The molecule has 0 spiro atoms. The van der Waals surface area contributed by atoms with Crippen molar-refractivity contribution >= 4 is 29.2 Å². The van der Waals surface area contributed by atoms with E-state index in [4.69, 9.17) is 33.0 Å². The summed E-state index contributed by atoms with van der Waals surface area (Å²) in [5.74, 6) is -0.0422. The van der Waals surface area contributed by atoms with Crippen molar-refractivity contribution in [3.05, 3.63) is 63.1 Å². The van der Waals surface area contributed by atoms with Gasteiger partial charge < -0.3 is 15.2 Å². The van der Waals surface area contributed by atoms with Gasteiger partial charge in [0.15, 0.2) is 0 Å². The fraction of sp³-hybridized carbons (Fsp3) is 0.316. The lowest BCUT2D eigenvalue weighted by Crippen LogP contribution is -2.37. The minimum absolute atomic E-state index is 0.000209. The van der Waals surface area contributed by atoms with Gasteiger partial charge in [-0.1, -0.05) is 35.3 Å².